The predicted octanol–water partition coefficient (Wildman–Crippen LogP) is 6.66. The minimum atomic E-state index is -0.137. The highest BCUT2D eigenvalue weighted by molar-refractivity contribution is 7.80. The number of halogens is 2. The van der Waals surface area contributed by atoms with Gasteiger partial charge in [-0.15, -0.1) is 0 Å². The number of hydrogen-bond acceptors (Lipinski definition) is 2. The molecule has 160 valence electrons. The number of rotatable bonds is 4. The van der Waals surface area contributed by atoms with E-state index in [9.17, 15) is 0 Å². The highest BCUT2D eigenvalue weighted by Crippen LogP contribution is 2.42. The smallest absolute Gasteiger partial charge is 0.174 e. The Morgan fingerprint density at radius 1 is 0.969 bits per heavy atom. The number of hydrogen-bond donors (Lipinski definition) is 1. The fraction of sp³-hybridized carbons (Fsp3) is 0.120. The molecular weight excluding hydrogens is 459 g/mol. The predicted molar refractivity (Wildman–Crippen MR) is 135 cm³/mol. The maximum atomic E-state index is 6.58. The van der Waals surface area contributed by atoms with E-state index in [2.05, 4.69) is 57.0 Å². The van der Waals surface area contributed by atoms with E-state index in [0.717, 1.165) is 22.8 Å². The number of pyridine rings is 1. The molecule has 0 amide bonds. The van der Waals surface area contributed by atoms with Crippen LogP contribution in [0.25, 0.3) is 5.69 Å². The van der Waals surface area contributed by atoms with Gasteiger partial charge in [-0.2, -0.15) is 0 Å². The topological polar surface area (TPSA) is 33.1 Å². The Kier molecular flexibility index (Phi) is 5.64. The number of nitrogens with one attached hydrogen (secondary N) is 1. The number of nitrogens with zero attached hydrogens (tertiary/aromatic N) is 3. The van der Waals surface area contributed by atoms with Crippen LogP contribution >= 0.6 is 35.4 Å². The lowest BCUT2D eigenvalue weighted by atomic mass is 10.0. The molecule has 0 bridgehead atoms. The molecular formula is C25H20Cl2N4S. The monoisotopic (exact) mass is 478 g/mol. The van der Waals surface area contributed by atoms with Crippen LogP contribution in [0.3, 0.4) is 0 Å². The third-order valence-electron chi connectivity index (χ3n) is 5.66. The molecule has 3 heterocycles. The van der Waals surface area contributed by atoms with Crippen LogP contribution in [0, 0.1) is 6.92 Å². The van der Waals surface area contributed by atoms with Crippen LogP contribution in [0.4, 0.5) is 5.69 Å². The Hall–Kier alpha value is -2.86. The van der Waals surface area contributed by atoms with Crippen LogP contribution in [0.15, 0.2) is 85.2 Å². The summed E-state index contributed by atoms with van der Waals surface area (Å²) < 4.78 is 2.09. The van der Waals surface area contributed by atoms with Crippen LogP contribution in [0.5, 0.6) is 0 Å². The minimum Gasteiger partial charge on any atom is -0.351 e. The number of aryl methyl sites for hydroxylation is 1. The Balaban J connectivity index is 1.68. The van der Waals surface area contributed by atoms with Gasteiger partial charge in [0.2, 0.25) is 0 Å². The van der Waals surface area contributed by atoms with E-state index < -0.39 is 0 Å². The second-order valence-electron chi connectivity index (χ2n) is 7.73. The van der Waals surface area contributed by atoms with Crippen molar-refractivity contribution in [2.45, 2.75) is 19.0 Å². The first kappa shape index (κ1) is 21.0. The molecule has 4 nitrogen and oxygen atoms in total. The van der Waals surface area contributed by atoms with Crippen LogP contribution in [0.1, 0.15) is 29.0 Å². The zero-order valence-corrected chi connectivity index (χ0v) is 19.6. The van der Waals surface area contributed by atoms with Crippen molar-refractivity contribution < 1.29 is 0 Å². The van der Waals surface area contributed by atoms with Gasteiger partial charge in [-0.1, -0.05) is 47.0 Å². The van der Waals surface area contributed by atoms with Crippen molar-refractivity contribution in [2.24, 2.45) is 0 Å². The van der Waals surface area contributed by atoms with E-state index in [-0.39, 0.29) is 12.1 Å². The van der Waals surface area contributed by atoms with Gasteiger partial charge in [0.15, 0.2) is 5.11 Å². The van der Waals surface area contributed by atoms with Gasteiger partial charge in [0.1, 0.15) is 6.04 Å². The standard InChI is InChI=1S/C25H20Cl2N4S/c1-16-7-10-18(11-8-16)31-24(23(29-25(31)32)20-5-2-3-13-28-20)22-6-4-14-30(22)21-12-9-17(26)15-19(21)27/h2-15,23-24H,1H3,(H,29,32)/t23-,24+/m0/s1. The molecule has 1 aliphatic rings. The van der Waals surface area contributed by atoms with E-state index in [1.54, 1.807) is 12.3 Å². The van der Waals surface area contributed by atoms with Gasteiger partial charge in [-0.25, -0.2) is 0 Å². The summed E-state index contributed by atoms with van der Waals surface area (Å²) in [4.78, 5) is 6.78. The molecule has 0 aliphatic carbocycles. The molecule has 5 rings (SSSR count). The molecule has 1 saturated heterocycles. The average Bonchev–Trinajstić information content (AvgIpc) is 3.39. The van der Waals surface area contributed by atoms with Crippen molar-refractivity contribution in [3.63, 3.8) is 0 Å². The van der Waals surface area contributed by atoms with Crippen LogP contribution in [0.2, 0.25) is 10.0 Å². The first-order valence-electron chi connectivity index (χ1n) is 10.2. The molecule has 2 aromatic heterocycles. The zero-order valence-electron chi connectivity index (χ0n) is 17.2. The van der Waals surface area contributed by atoms with E-state index in [4.69, 9.17) is 35.4 Å². The van der Waals surface area contributed by atoms with Gasteiger partial charge >= 0.3 is 0 Å². The Labute approximate surface area is 202 Å². The maximum Gasteiger partial charge on any atom is 0.174 e. The first-order chi connectivity index (χ1) is 15.5. The second kappa shape index (κ2) is 8.58. The van der Waals surface area contributed by atoms with Crippen molar-refractivity contribution in [1.82, 2.24) is 14.9 Å². The summed E-state index contributed by atoms with van der Waals surface area (Å²) in [7, 11) is 0. The fourth-order valence-electron chi connectivity index (χ4n) is 4.17. The molecule has 1 fully saturated rings. The third kappa shape index (κ3) is 3.77. The molecule has 7 heteroatoms. The van der Waals surface area contributed by atoms with E-state index in [1.807, 2.05) is 42.6 Å². The average molecular weight is 479 g/mol. The van der Waals surface area contributed by atoms with Crippen molar-refractivity contribution in [2.75, 3.05) is 4.90 Å². The molecule has 32 heavy (non-hydrogen) atoms. The number of benzene rings is 2. The summed E-state index contributed by atoms with van der Waals surface area (Å²) in [5.74, 6) is 0. The van der Waals surface area contributed by atoms with Crippen molar-refractivity contribution in [1.29, 1.82) is 0 Å². The van der Waals surface area contributed by atoms with E-state index in [0.29, 0.717) is 15.2 Å². The molecule has 0 unspecified atom stereocenters. The van der Waals surface area contributed by atoms with E-state index in [1.165, 1.54) is 5.56 Å². The number of anilines is 1. The second-order valence-corrected chi connectivity index (χ2v) is 8.96. The molecule has 2 aromatic carbocycles. The summed E-state index contributed by atoms with van der Waals surface area (Å²) in [6.07, 6.45) is 3.81. The molecule has 4 aromatic rings. The molecule has 2 atom stereocenters. The lowest BCUT2D eigenvalue weighted by molar-refractivity contribution is 0.549. The van der Waals surface area contributed by atoms with Crippen molar-refractivity contribution in [3.05, 3.63) is 112 Å². The van der Waals surface area contributed by atoms with Crippen molar-refractivity contribution >= 4 is 46.2 Å². The number of aromatic nitrogens is 2. The SMILES string of the molecule is Cc1ccc(N2C(=S)N[C@@H](c3ccccn3)[C@H]2c2cccn2-c2ccc(Cl)cc2Cl)cc1. The van der Waals surface area contributed by atoms with Crippen molar-refractivity contribution in [3.8, 4) is 5.69 Å². The summed E-state index contributed by atoms with van der Waals surface area (Å²) in [6.45, 7) is 2.08. The Bertz CT molecular complexity index is 1270. The van der Waals surface area contributed by atoms with Crippen LogP contribution < -0.4 is 10.2 Å². The molecule has 0 spiro atoms. The number of thiocarbonyl (C=S) groups is 1. The maximum absolute atomic E-state index is 6.58. The highest BCUT2D eigenvalue weighted by Gasteiger charge is 2.42. The first-order valence-corrected chi connectivity index (χ1v) is 11.4. The van der Waals surface area contributed by atoms with Crippen LogP contribution in [-0.2, 0) is 0 Å². The minimum absolute atomic E-state index is 0.135. The van der Waals surface area contributed by atoms with Gasteiger partial charge < -0.3 is 14.8 Å². The Morgan fingerprint density at radius 2 is 1.78 bits per heavy atom. The zero-order chi connectivity index (χ0) is 22.2. The highest BCUT2D eigenvalue weighted by atomic mass is 35.5. The van der Waals surface area contributed by atoms with Gasteiger partial charge in [-0.05, 0) is 73.7 Å². The normalized spacial score (nSPS) is 18.1. The summed E-state index contributed by atoms with van der Waals surface area (Å²) >= 11 is 18.5. The lowest BCUT2D eigenvalue weighted by Crippen LogP contribution is -2.30. The lowest BCUT2D eigenvalue weighted by Gasteiger charge is -2.29. The molecule has 0 radical (unpaired) electrons. The van der Waals surface area contributed by atoms with Gasteiger partial charge in [0.05, 0.1) is 22.4 Å². The molecule has 1 aliphatic heterocycles. The Morgan fingerprint density at radius 3 is 2.50 bits per heavy atom. The third-order valence-corrected chi connectivity index (χ3v) is 6.52. The van der Waals surface area contributed by atoms with Gasteiger partial charge in [0.25, 0.3) is 0 Å². The van der Waals surface area contributed by atoms with Gasteiger partial charge in [0, 0.05) is 28.8 Å². The summed E-state index contributed by atoms with van der Waals surface area (Å²) in [5, 5.41) is 5.34. The largest absolute Gasteiger partial charge is 0.351 e. The van der Waals surface area contributed by atoms with Crippen LogP contribution in [-0.4, -0.2) is 14.7 Å². The summed E-state index contributed by atoms with van der Waals surface area (Å²) in [5.41, 5.74) is 5.03. The quantitative estimate of drug-likeness (QED) is 0.332. The summed E-state index contributed by atoms with van der Waals surface area (Å²) in [6, 6.07) is 23.7. The fourth-order valence-corrected chi connectivity index (χ4v) is 5.02. The van der Waals surface area contributed by atoms with Gasteiger partial charge in [-0.3, -0.25) is 4.98 Å². The molecule has 1 N–H and O–H groups in total. The van der Waals surface area contributed by atoms with E-state index >= 15 is 0 Å². The molecule has 0 saturated carbocycles.